The van der Waals surface area contributed by atoms with Gasteiger partial charge in [-0.3, -0.25) is 0 Å². The second-order valence-corrected chi connectivity index (χ2v) is 5.25. The first-order chi connectivity index (χ1) is 8.88. The maximum atomic E-state index is 5.86. The smallest absolute Gasteiger partial charge is 0.225 e. The van der Waals surface area contributed by atoms with E-state index in [0.717, 1.165) is 24.7 Å². The molecule has 2 heterocycles. The van der Waals surface area contributed by atoms with Crippen LogP contribution < -0.4 is 4.90 Å². The minimum atomic E-state index is 0.365. The van der Waals surface area contributed by atoms with E-state index in [0.29, 0.717) is 18.0 Å². The predicted octanol–water partition coefficient (Wildman–Crippen LogP) is 2.36. The molecule has 0 amide bonds. The molecule has 1 aliphatic carbocycles. The van der Waals surface area contributed by atoms with Crippen LogP contribution in [0.2, 0.25) is 0 Å². The maximum absolute atomic E-state index is 5.86. The van der Waals surface area contributed by atoms with Crippen molar-refractivity contribution in [2.75, 3.05) is 18.1 Å². The average molecular weight is 268 g/mol. The van der Waals surface area contributed by atoms with Crippen LogP contribution in [0, 0.1) is 0 Å². The van der Waals surface area contributed by atoms with Crippen molar-refractivity contribution < 1.29 is 4.74 Å². The highest BCUT2D eigenvalue weighted by Gasteiger charge is 2.35. The number of halogens is 1. The second kappa shape index (κ2) is 5.41. The van der Waals surface area contributed by atoms with Crippen molar-refractivity contribution in [3.63, 3.8) is 0 Å². The third-order valence-electron chi connectivity index (χ3n) is 3.84. The van der Waals surface area contributed by atoms with Crippen LogP contribution in [0.1, 0.15) is 31.2 Å². The molecule has 1 saturated heterocycles. The van der Waals surface area contributed by atoms with Gasteiger partial charge in [-0.2, -0.15) is 0 Å². The Balaban J connectivity index is 1.80. The number of hydrogen-bond acceptors (Lipinski definition) is 4. The first-order valence-corrected chi connectivity index (χ1v) is 7.17. The number of alkyl halides is 1. The highest BCUT2D eigenvalue weighted by molar-refractivity contribution is 6.17. The first-order valence-electron chi connectivity index (χ1n) is 6.63. The molecule has 0 spiro atoms. The van der Waals surface area contributed by atoms with Gasteiger partial charge in [0.15, 0.2) is 0 Å². The summed E-state index contributed by atoms with van der Waals surface area (Å²) >= 11 is 5.76. The zero-order valence-electron chi connectivity index (χ0n) is 10.4. The van der Waals surface area contributed by atoms with Gasteiger partial charge in [0.25, 0.3) is 0 Å². The van der Waals surface area contributed by atoms with E-state index in [4.69, 9.17) is 16.3 Å². The van der Waals surface area contributed by atoms with Crippen molar-refractivity contribution in [1.29, 1.82) is 0 Å². The lowest BCUT2D eigenvalue weighted by molar-refractivity contribution is -0.00932. The molecule has 2 fully saturated rings. The van der Waals surface area contributed by atoms with Gasteiger partial charge in [-0.1, -0.05) is 12.8 Å². The van der Waals surface area contributed by atoms with Gasteiger partial charge in [-0.15, -0.1) is 11.6 Å². The quantitative estimate of drug-likeness (QED) is 0.771. The third-order valence-corrected chi connectivity index (χ3v) is 4.14. The van der Waals surface area contributed by atoms with Crippen molar-refractivity contribution in [2.45, 2.75) is 43.7 Å². The molecular formula is C13H18ClN3O. The number of aromatic nitrogens is 2. The van der Waals surface area contributed by atoms with Crippen LogP contribution in [-0.2, 0) is 10.6 Å². The highest BCUT2D eigenvalue weighted by atomic mass is 35.5. The lowest BCUT2D eigenvalue weighted by Gasteiger charge is -2.43. The molecule has 1 aromatic heterocycles. The van der Waals surface area contributed by atoms with E-state index in [9.17, 15) is 0 Å². The van der Waals surface area contributed by atoms with Gasteiger partial charge in [-0.05, 0) is 12.8 Å². The summed E-state index contributed by atoms with van der Waals surface area (Å²) in [5.41, 5.74) is 0.967. The van der Waals surface area contributed by atoms with Gasteiger partial charge in [0.2, 0.25) is 5.95 Å². The molecule has 4 nitrogen and oxygen atoms in total. The van der Waals surface area contributed by atoms with Gasteiger partial charge in [0, 0.05) is 24.5 Å². The summed E-state index contributed by atoms with van der Waals surface area (Å²) in [7, 11) is 0. The van der Waals surface area contributed by atoms with Gasteiger partial charge in [0.05, 0.1) is 24.6 Å². The number of rotatable bonds is 2. The molecule has 0 N–H and O–H groups in total. The van der Waals surface area contributed by atoms with E-state index >= 15 is 0 Å². The standard InChI is InChI=1S/C13H18ClN3O/c14-7-10-8-15-13(16-9-10)17-5-6-18-12-4-2-1-3-11(12)17/h8-9,11-12H,1-7H2. The Morgan fingerprint density at radius 1 is 1.28 bits per heavy atom. The fraction of sp³-hybridized carbons (Fsp3) is 0.692. The lowest BCUT2D eigenvalue weighted by atomic mass is 9.90. The van der Waals surface area contributed by atoms with Crippen molar-refractivity contribution in [1.82, 2.24) is 9.97 Å². The molecule has 0 radical (unpaired) electrons. The average Bonchev–Trinajstić information content (AvgIpc) is 2.47. The number of nitrogens with zero attached hydrogens (tertiary/aromatic N) is 3. The third kappa shape index (κ3) is 2.31. The molecule has 2 unspecified atom stereocenters. The molecule has 1 aromatic rings. The Morgan fingerprint density at radius 3 is 2.83 bits per heavy atom. The van der Waals surface area contributed by atoms with Crippen molar-refractivity contribution in [3.05, 3.63) is 18.0 Å². The summed E-state index contributed by atoms with van der Waals surface area (Å²) in [4.78, 5) is 11.2. The summed E-state index contributed by atoms with van der Waals surface area (Å²) < 4.78 is 5.86. The summed E-state index contributed by atoms with van der Waals surface area (Å²) in [6.45, 7) is 1.67. The van der Waals surface area contributed by atoms with Crippen LogP contribution in [0.5, 0.6) is 0 Å². The Morgan fingerprint density at radius 2 is 2.06 bits per heavy atom. The predicted molar refractivity (Wildman–Crippen MR) is 70.9 cm³/mol. The fourth-order valence-corrected chi connectivity index (χ4v) is 3.05. The zero-order valence-corrected chi connectivity index (χ0v) is 11.1. The molecule has 0 aromatic carbocycles. The van der Waals surface area contributed by atoms with Crippen molar-refractivity contribution in [3.8, 4) is 0 Å². The maximum Gasteiger partial charge on any atom is 0.225 e. The molecular weight excluding hydrogens is 250 g/mol. The second-order valence-electron chi connectivity index (χ2n) is 4.98. The topological polar surface area (TPSA) is 38.2 Å². The van der Waals surface area contributed by atoms with Crippen LogP contribution in [0.15, 0.2) is 12.4 Å². The van der Waals surface area contributed by atoms with Gasteiger partial charge < -0.3 is 9.64 Å². The Labute approximate surface area is 112 Å². The Bertz CT molecular complexity index is 396. The van der Waals surface area contributed by atoms with E-state index in [1.165, 1.54) is 25.7 Å². The summed E-state index contributed by atoms with van der Waals surface area (Å²) in [5, 5.41) is 0. The number of fused-ring (bicyclic) bond motifs is 1. The summed E-state index contributed by atoms with van der Waals surface area (Å²) in [6.07, 6.45) is 8.92. The molecule has 2 aliphatic rings. The van der Waals surface area contributed by atoms with E-state index in [2.05, 4.69) is 14.9 Å². The first kappa shape index (κ1) is 12.2. The van der Waals surface area contributed by atoms with E-state index in [1.54, 1.807) is 0 Å². The molecule has 1 saturated carbocycles. The molecule has 0 bridgehead atoms. The van der Waals surface area contributed by atoms with Crippen LogP contribution in [0.4, 0.5) is 5.95 Å². The normalized spacial score (nSPS) is 27.9. The van der Waals surface area contributed by atoms with E-state index < -0.39 is 0 Å². The molecule has 3 rings (SSSR count). The van der Waals surface area contributed by atoms with Crippen LogP contribution in [-0.4, -0.2) is 35.3 Å². The molecule has 5 heteroatoms. The van der Waals surface area contributed by atoms with E-state index in [-0.39, 0.29) is 0 Å². The Hall–Kier alpha value is -0.870. The summed E-state index contributed by atoms with van der Waals surface area (Å²) in [6, 6.07) is 0.453. The van der Waals surface area contributed by atoms with Crippen LogP contribution in [0.25, 0.3) is 0 Å². The molecule has 1 aliphatic heterocycles. The van der Waals surface area contributed by atoms with Gasteiger partial charge in [0.1, 0.15) is 0 Å². The summed E-state index contributed by atoms with van der Waals surface area (Å²) in [5.74, 6) is 1.29. The number of hydrogen-bond donors (Lipinski definition) is 0. The largest absolute Gasteiger partial charge is 0.374 e. The lowest BCUT2D eigenvalue weighted by Crippen LogP contribution is -2.53. The number of morpholine rings is 1. The van der Waals surface area contributed by atoms with Crippen molar-refractivity contribution in [2.24, 2.45) is 0 Å². The fourth-order valence-electron chi connectivity index (χ4n) is 2.91. The van der Waals surface area contributed by atoms with Crippen molar-refractivity contribution >= 4 is 17.5 Å². The number of anilines is 1. The monoisotopic (exact) mass is 267 g/mol. The van der Waals surface area contributed by atoms with Crippen LogP contribution in [0.3, 0.4) is 0 Å². The van der Waals surface area contributed by atoms with Gasteiger partial charge in [-0.25, -0.2) is 9.97 Å². The van der Waals surface area contributed by atoms with Crippen LogP contribution >= 0.6 is 11.6 Å². The molecule has 18 heavy (non-hydrogen) atoms. The van der Waals surface area contributed by atoms with E-state index in [1.807, 2.05) is 12.4 Å². The minimum Gasteiger partial charge on any atom is -0.374 e. The minimum absolute atomic E-state index is 0.365. The zero-order chi connectivity index (χ0) is 12.4. The SMILES string of the molecule is ClCc1cnc(N2CCOC3CCCCC32)nc1. The Kier molecular flexibility index (Phi) is 3.66. The molecule has 2 atom stereocenters. The number of ether oxygens (including phenoxy) is 1. The van der Waals surface area contributed by atoms with Gasteiger partial charge >= 0.3 is 0 Å². The highest BCUT2D eigenvalue weighted by Crippen LogP contribution is 2.30. The molecule has 98 valence electrons.